The van der Waals surface area contributed by atoms with E-state index in [1.54, 1.807) is 0 Å². The van der Waals surface area contributed by atoms with Crippen LogP contribution in [-0.4, -0.2) is 18.2 Å². The molecule has 1 aromatic heterocycles. The third-order valence-corrected chi connectivity index (χ3v) is 5.54. The summed E-state index contributed by atoms with van der Waals surface area (Å²) in [4.78, 5) is -0.135. The maximum absolute atomic E-state index is 13.4. The van der Waals surface area contributed by atoms with Crippen LogP contribution in [0, 0.1) is 6.92 Å². The number of alkyl halides is 3. The lowest BCUT2D eigenvalue weighted by molar-refractivity contribution is -0.141. The van der Waals surface area contributed by atoms with Crippen molar-refractivity contribution in [2.75, 3.05) is 0 Å². The van der Waals surface area contributed by atoms with E-state index >= 15 is 0 Å². The highest BCUT2D eigenvalue weighted by atomic mass is 32.2. The molecule has 1 heterocycles. The molecule has 0 unspecified atom stereocenters. The van der Waals surface area contributed by atoms with Crippen molar-refractivity contribution in [3.8, 4) is 16.9 Å². The Morgan fingerprint density at radius 2 is 1.66 bits per heavy atom. The second-order valence-electron chi connectivity index (χ2n) is 7.09. The Bertz CT molecular complexity index is 1150. The van der Waals surface area contributed by atoms with Gasteiger partial charge in [0.25, 0.3) is 0 Å². The number of nitrogens with zero attached hydrogens (tertiary/aromatic N) is 2. The molecule has 154 valence electrons. The van der Waals surface area contributed by atoms with Crippen LogP contribution in [0.4, 0.5) is 13.2 Å². The molecule has 0 aliphatic carbocycles. The Balaban J connectivity index is 2.23. The highest BCUT2D eigenvalue weighted by Gasteiger charge is 2.35. The molecule has 0 fully saturated rings. The summed E-state index contributed by atoms with van der Waals surface area (Å²) in [7, 11) is -3.91. The molecule has 2 N–H and O–H groups in total. The second kappa shape index (κ2) is 7.31. The standard InChI is InChI=1S/C20H20F3N3O2S/c1-12(2)14-5-4-13(3)17(10-14)18-11-19(20(21,22)23)25-26(18)15-6-8-16(9-7-15)29(24,27)28/h4-12H,1-3H3,(H2,24,27,28). The molecule has 0 radical (unpaired) electrons. The molecule has 0 atom stereocenters. The van der Waals surface area contributed by atoms with Crippen molar-refractivity contribution in [3.63, 3.8) is 0 Å². The number of primary sulfonamides is 1. The van der Waals surface area contributed by atoms with Gasteiger partial charge >= 0.3 is 6.18 Å². The minimum Gasteiger partial charge on any atom is -0.232 e. The van der Waals surface area contributed by atoms with E-state index in [1.807, 2.05) is 39.0 Å². The van der Waals surface area contributed by atoms with Crippen molar-refractivity contribution >= 4 is 10.0 Å². The lowest BCUT2D eigenvalue weighted by atomic mass is 9.96. The summed E-state index contributed by atoms with van der Waals surface area (Å²) in [6.07, 6.45) is -4.62. The fraction of sp³-hybridized carbons (Fsp3) is 0.250. The quantitative estimate of drug-likeness (QED) is 0.664. The van der Waals surface area contributed by atoms with Gasteiger partial charge in [0, 0.05) is 5.56 Å². The van der Waals surface area contributed by atoms with Gasteiger partial charge in [0.1, 0.15) is 0 Å². The van der Waals surface area contributed by atoms with Crippen molar-refractivity contribution in [3.05, 3.63) is 65.4 Å². The first-order valence-corrected chi connectivity index (χ1v) is 10.3. The normalized spacial score (nSPS) is 12.6. The van der Waals surface area contributed by atoms with Crippen LogP contribution in [0.2, 0.25) is 0 Å². The van der Waals surface area contributed by atoms with Crippen molar-refractivity contribution < 1.29 is 21.6 Å². The van der Waals surface area contributed by atoms with Crippen LogP contribution in [-0.2, 0) is 16.2 Å². The van der Waals surface area contributed by atoms with Gasteiger partial charge in [-0.05, 0) is 60.4 Å². The average molecular weight is 423 g/mol. The highest BCUT2D eigenvalue weighted by Crippen LogP contribution is 2.35. The summed E-state index contributed by atoms with van der Waals surface area (Å²) < 4.78 is 64.2. The Hall–Kier alpha value is -2.65. The Labute approximate surface area is 167 Å². The van der Waals surface area contributed by atoms with E-state index in [9.17, 15) is 21.6 Å². The van der Waals surface area contributed by atoms with E-state index in [1.165, 1.54) is 28.9 Å². The van der Waals surface area contributed by atoms with Gasteiger partial charge in [-0.1, -0.05) is 26.0 Å². The third-order valence-electron chi connectivity index (χ3n) is 4.61. The zero-order valence-electron chi connectivity index (χ0n) is 16.0. The van der Waals surface area contributed by atoms with Crippen LogP contribution in [0.25, 0.3) is 16.9 Å². The lowest BCUT2D eigenvalue weighted by Crippen LogP contribution is -2.12. The molecule has 0 bridgehead atoms. The van der Waals surface area contributed by atoms with Crippen LogP contribution in [0.5, 0.6) is 0 Å². The van der Waals surface area contributed by atoms with Crippen LogP contribution in [0.15, 0.2) is 53.4 Å². The first-order chi connectivity index (χ1) is 13.4. The van der Waals surface area contributed by atoms with Crippen LogP contribution >= 0.6 is 0 Å². The SMILES string of the molecule is Cc1ccc(C(C)C)cc1-c1cc(C(F)(F)F)nn1-c1ccc(S(N)(=O)=O)cc1. The number of aryl methyl sites for hydroxylation is 1. The van der Waals surface area contributed by atoms with Crippen LogP contribution < -0.4 is 5.14 Å². The molecule has 0 saturated carbocycles. The molecule has 9 heteroatoms. The smallest absolute Gasteiger partial charge is 0.232 e. The van der Waals surface area contributed by atoms with Gasteiger partial charge in [0.05, 0.1) is 16.3 Å². The monoisotopic (exact) mass is 423 g/mol. The summed E-state index contributed by atoms with van der Waals surface area (Å²) in [6.45, 7) is 5.81. The number of benzene rings is 2. The average Bonchev–Trinajstić information content (AvgIpc) is 3.07. The molecule has 0 spiro atoms. The number of rotatable bonds is 4. The Morgan fingerprint density at radius 3 is 2.17 bits per heavy atom. The molecular weight excluding hydrogens is 403 g/mol. The molecule has 0 saturated heterocycles. The summed E-state index contributed by atoms with van der Waals surface area (Å²) in [5, 5.41) is 8.84. The molecule has 0 aliphatic heterocycles. The molecule has 0 amide bonds. The first-order valence-electron chi connectivity index (χ1n) is 8.79. The summed E-state index contributed by atoms with van der Waals surface area (Å²) in [5.41, 5.74) is 1.92. The molecule has 2 aromatic carbocycles. The van der Waals surface area contributed by atoms with E-state index < -0.39 is 21.9 Å². The zero-order chi connectivity index (χ0) is 21.6. The van der Waals surface area contributed by atoms with Crippen molar-refractivity contribution in [2.24, 2.45) is 5.14 Å². The molecule has 3 aromatic rings. The van der Waals surface area contributed by atoms with Crippen LogP contribution in [0.1, 0.15) is 36.6 Å². The van der Waals surface area contributed by atoms with Crippen molar-refractivity contribution in [2.45, 2.75) is 37.8 Å². The third kappa shape index (κ3) is 4.35. The van der Waals surface area contributed by atoms with Crippen molar-refractivity contribution in [1.82, 2.24) is 9.78 Å². The molecular formula is C20H20F3N3O2S. The van der Waals surface area contributed by atoms with E-state index in [-0.39, 0.29) is 22.2 Å². The predicted octanol–water partition coefficient (Wildman–Crippen LogP) is 4.64. The molecule has 29 heavy (non-hydrogen) atoms. The topological polar surface area (TPSA) is 78.0 Å². The Kier molecular flexibility index (Phi) is 5.31. The van der Waals surface area contributed by atoms with Crippen molar-refractivity contribution in [1.29, 1.82) is 0 Å². The van der Waals surface area contributed by atoms with Gasteiger partial charge < -0.3 is 0 Å². The second-order valence-corrected chi connectivity index (χ2v) is 8.65. The van der Waals surface area contributed by atoms with Gasteiger partial charge in [-0.3, -0.25) is 0 Å². The van der Waals surface area contributed by atoms with E-state index in [0.717, 1.165) is 17.2 Å². The van der Waals surface area contributed by atoms with Gasteiger partial charge in [0.2, 0.25) is 10.0 Å². The highest BCUT2D eigenvalue weighted by molar-refractivity contribution is 7.89. The number of aromatic nitrogens is 2. The maximum atomic E-state index is 13.4. The van der Waals surface area contributed by atoms with E-state index in [4.69, 9.17) is 5.14 Å². The van der Waals surface area contributed by atoms with Gasteiger partial charge in [-0.2, -0.15) is 18.3 Å². The number of halogens is 3. The number of hydrogen-bond acceptors (Lipinski definition) is 3. The zero-order valence-corrected chi connectivity index (χ0v) is 16.8. The van der Waals surface area contributed by atoms with E-state index in [2.05, 4.69) is 5.10 Å². The van der Waals surface area contributed by atoms with Crippen LogP contribution in [0.3, 0.4) is 0 Å². The fourth-order valence-electron chi connectivity index (χ4n) is 2.96. The summed E-state index contributed by atoms with van der Waals surface area (Å²) in [5.74, 6) is 0.196. The predicted molar refractivity (Wildman–Crippen MR) is 104 cm³/mol. The van der Waals surface area contributed by atoms with Gasteiger partial charge in [-0.15, -0.1) is 0 Å². The molecule has 3 rings (SSSR count). The molecule has 5 nitrogen and oxygen atoms in total. The Morgan fingerprint density at radius 1 is 1.03 bits per heavy atom. The number of nitrogens with two attached hydrogens (primary N) is 1. The lowest BCUT2D eigenvalue weighted by Gasteiger charge is -2.13. The van der Waals surface area contributed by atoms with E-state index in [0.29, 0.717) is 5.56 Å². The fourth-order valence-corrected chi connectivity index (χ4v) is 3.48. The number of hydrogen-bond donors (Lipinski definition) is 1. The van der Waals surface area contributed by atoms with Gasteiger partial charge in [0.15, 0.2) is 5.69 Å². The first kappa shape index (κ1) is 21.1. The molecule has 0 aliphatic rings. The maximum Gasteiger partial charge on any atom is 0.435 e. The number of sulfonamides is 1. The summed E-state index contributed by atoms with van der Waals surface area (Å²) >= 11 is 0. The van der Waals surface area contributed by atoms with Gasteiger partial charge in [-0.25, -0.2) is 18.2 Å². The minimum absolute atomic E-state index is 0.135. The largest absolute Gasteiger partial charge is 0.435 e. The minimum atomic E-state index is -4.62. The summed E-state index contributed by atoms with van der Waals surface area (Å²) in [6, 6.07) is 11.9.